The smallest absolute Gasteiger partial charge is 0.264 e. The molecule has 1 aliphatic heterocycles. The van der Waals surface area contributed by atoms with Crippen LogP contribution in [0.1, 0.15) is 6.23 Å². The van der Waals surface area contributed by atoms with Crippen LogP contribution in [0, 0.1) is 0 Å². The number of nitrogens with one attached hydrogen (secondary N) is 1. The Bertz CT molecular complexity index is 1000. The van der Waals surface area contributed by atoms with Crippen molar-refractivity contribution in [3.05, 3.63) is 40.7 Å². The van der Waals surface area contributed by atoms with Gasteiger partial charge in [0.2, 0.25) is 5.95 Å². The van der Waals surface area contributed by atoms with Crippen LogP contribution in [0.5, 0.6) is 0 Å². The molecule has 3 aromatic rings. The van der Waals surface area contributed by atoms with Crippen molar-refractivity contribution in [1.82, 2.24) is 19.7 Å². The number of aromatic nitrogens is 4. The van der Waals surface area contributed by atoms with Gasteiger partial charge in [-0.05, 0) is 0 Å². The lowest BCUT2D eigenvalue weighted by atomic mass is 10.1. The Balaban J connectivity index is 1.95. The lowest BCUT2D eigenvalue weighted by Gasteiger charge is -2.15. The third kappa shape index (κ3) is 2.47. The molecular weight excluding hydrogens is 342 g/mol. The first-order chi connectivity index (χ1) is 12.5. The molecule has 26 heavy (non-hydrogen) atoms. The van der Waals surface area contributed by atoms with Crippen molar-refractivity contribution >= 4 is 17.0 Å². The number of ether oxygens (including phenoxy) is 1. The largest absolute Gasteiger partial charge is 0.394 e. The lowest BCUT2D eigenvalue weighted by Crippen LogP contribution is -2.33. The van der Waals surface area contributed by atoms with E-state index in [0.717, 1.165) is 0 Å². The molecule has 0 bridgehead atoms. The minimum absolute atomic E-state index is 0.111. The summed E-state index contributed by atoms with van der Waals surface area (Å²) in [4.78, 5) is 19.0. The molecule has 3 heterocycles. The number of nitrogens with zero attached hydrogens (tertiary/aromatic N) is 3. The number of benzene rings is 1. The first kappa shape index (κ1) is 16.7. The van der Waals surface area contributed by atoms with E-state index >= 15 is 0 Å². The zero-order chi connectivity index (χ0) is 18.4. The number of fused-ring (bicyclic) bond motifs is 1. The molecular formula is C16H17N5O5. The summed E-state index contributed by atoms with van der Waals surface area (Å²) in [5, 5.41) is 34.2. The molecule has 10 heteroatoms. The zero-order valence-corrected chi connectivity index (χ0v) is 13.5. The Labute approximate surface area is 146 Å². The summed E-state index contributed by atoms with van der Waals surface area (Å²) in [5.41, 5.74) is 6.29. The first-order valence-electron chi connectivity index (χ1n) is 7.97. The Morgan fingerprint density at radius 3 is 2.62 bits per heavy atom. The van der Waals surface area contributed by atoms with E-state index in [1.807, 2.05) is 6.07 Å². The van der Waals surface area contributed by atoms with Gasteiger partial charge in [-0.2, -0.15) is 10.1 Å². The predicted octanol–water partition coefficient (Wildman–Crippen LogP) is -1.02. The van der Waals surface area contributed by atoms with Gasteiger partial charge in [-0.15, -0.1) is 0 Å². The van der Waals surface area contributed by atoms with E-state index in [1.54, 1.807) is 24.3 Å². The highest BCUT2D eigenvalue weighted by Gasteiger charge is 2.45. The van der Waals surface area contributed by atoms with Gasteiger partial charge in [-0.1, -0.05) is 30.3 Å². The summed E-state index contributed by atoms with van der Waals surface area (Å²) < 4.78 is 6.73. The summed E-state index contributed by atoms with van der Waals surface area (Å²) >= 11 is 0. The van der Waals surface area contributed by atoms with Crippen molar-refractivity contribution in [1.29, 1.82) is 0 Å². The molecule has 0 saturated carbocycles. The second-order valence-corrected chi connectivity index (χ2v) is 6.04. The number of hydrogen-bond donors (Lipinski definition) is 5. The van der Waals surface area contributed by atoms with Crippen LogP contribution < -0.4 is 11.3 Å². The Kier molecular flexibility index (Phi) is 3.96. The molecule has 4 rings (SSSR count). The van der Waals surface area contributed by atoms with Crippen molar-refractivity contribution < 1.29 is 20.1 Å². The average molecular weight is 359 g/mol. The van der Waals surface area contributed by atoms with E-state index in [9.17, 15) is 20.1 Å². The fourth-order valence-corrected chi connectivity index (χ4v) is 3.12. The second-order valence-electron chi connectivity index (χ2n) is 6.04. The van der Waals surface area contributed by atoms with Crippen molar-refractivity contribution in [2.24, 2.45) is 0 Å². The molecule has 1 aromatic carbocycles. The first-order valence-corrected chi connectivity index (χ1v) is 7.97. The number of aliphatic hydroxyl groups is 3. The van der Waals surface area contributed by atoms with Crippen LogP contribution in [0.4, 0.5) is 5.95 Å². The van der Waals surface area contributed by atoms with Crippen LogP contribution in [0.3, 0.4) is 0 Å². The molecule has 0 radical (unpaired) electrons. The normalized spacial score (nSPS) is 25.8. The van der Waals surface area contributed by atoms with Crippen molar-refractivity contribution in [2.45, 2.75) is 24.5 Å². The highest BCUT2D eigenvalue weighted by atomic mass is 16.6. The number of aromatic amines is 1. The quantitative estimate of drug-likeness (QED) is 0.397. The Morgan fingerprint density at radius 1 is 1.23 bits per heavy atom. The number of aliphatic hydroxyl groups excluding tert-OH is 3. The number of H-pyrrole nitrogens is 1. The van der Waals surface area contributed by atoms with Crippen molar-refractivity contribution in [3.8, 4) is 11.3 Å². The molecule has 2 aromatic heterocycles. The fraction of sp³-hybridized carbons (Fsp3) is 0.312. The molecule has 1 saturated heterocycles. The van der Waals surface area contributed by atoms with Crippen LogP contribution >= 0.6 is 0 Å². The summed E-state index contributed by atoms with van der Waals surface area (Å²) in [6.45, 7) is -0.477. The maximum Gasteiger partial charge on any atom is 0.264 e. The average Bonchev–Trinajstić information content (AvgIpc) is 3.14. The van der Waals surface area contributed by atoms with Crippen LogP contribution in [-0.2, 0) is 4.74 Å². The van der Waals surface area contributed by atoms with Gasteiger partial charge < -0.3 is 25.8 Å². The van der Waals surface area contributed by atoms with Gasteiger partial charge in [-0.3, -0.25) is 9.78 Å². The second kappa shape index (κ2) is 6.18. The topological polar surface area (TPSA) is 160 Å². The fourth-order valence-electron chi connectivity index (χ4n) is 3.12. The minimum atomic E-state index is -1.36. The van der Waals surface area contributed by atoms with Gasteiger partial charge in [0.1, 0.15) is 29.4 Å². The molecule has 6 N–H and O–H groups in total. The SMILES string of the molecule is Nc1nc2c(c(-c3ccccc3)nn2C2O[C@H](CO)[C@@H](O)[C@H]2O)c(=O)[nH]1. The van der Waals surface area contributed by atoms with Gasteiger partial charge in [0.05, 0.1) is 6.61 Å². The third-order valence-electron chi connectivity index (χ3n) is 4.39. The van der Waals surface area contributed by atoms with Crippen LogP contribution in [0.15, 0.2) is 35.1 Å². The standard InChI is InChI=1S/C16H17N5O5/c17-16-18-13-9(14(25)19-16)10(7-4-2-1-3-5-7)20-21(13)15-12(24)11(23)8(6-22)26-15/h1-5,8,11-12,15,22-24H,6H2,(H3,17,18,19,25)/t8-,11-,12-,15?/m1/s1. The van der Waals surface area contributed by atoms with Gasteiger partial charge in [0.15, 0.2) is 11.9 Å². The number of nitrogen functional groups attached to an aromatic ring is 1. The Morgan fingerprint density at radius 2 is 1.96 bits per heavy atom. The van der Waals surface area contributed by atoms with Gasteiger partial charge in [0, 0.05) is 5.56 Å². The summed E-state index contributed by atoms with van der Waals surface area (Å²) in [6, 6.07) is 8.98. The minimum Gasteiger partial charge on any atom is -0.394 e. The molecule has 0 amide bonds. The monoisotopic (exact) mass is 359 g/mol. The maximum atomic E-state index is 12.5. The van der Waals surface area contributed by atoms with Crippen molar-refractivity contribution in [3.63, 3.8) is 0 Å². The number of nitrogens with two attached hydrogens (primary N) is 1. The van der Waals surface area contributed by atoms with Crippen molar-refractivity contribution in [2.75, 3.05) is 12.3 Å². The van der Waals surface area contributed by atoms with Crippen LogP contribution in [0.2, 0.25) is 0 Å². The molecule has 10 nitrogen and oxygen atoms in total. The highest BCUT2D eigenvalue weighted by molar-refractivity contribution is 5.90. The number of rotatable bonds is 3. The maximum absolute atomic E-state index is 12.5. The zero-order valence-electron chi connectivity index (χ0n) is 13.5. The van der Waals surface area contributed by atoms with E-state index in [1.165, 1.54) is 4.68 Å². The Hall–Kier alpha value is -2.79. The predicted molar refractivity (Wildman–Crippen MR) is 91.0 cm³/mol. The van der Waals surface area contributed by atoms with E-state index < -0.39 is 36.7 Å². The summed E-state index contributed by atoms with van der Waals surface area (Å²) in [6.07, 6.45) is -4.77. The van der Waals surface area contributed by atoms with E-state index in [-0.39, 0.29) is 17.0 Å². The lowest BCUT2D eigenvalue weighted by molar-refractivity contribution is -0.0565. The molecule has 1 aliphatic rings. The van der Waals surface area contributed by atoms with E-state index in [4.69, 9.17) is 10.5 Å². The molecule has 1 unspecified atom stereocenters. The molecule has 4 atom stereocenters. The molecule has 0 aliphatic carbocycles. The number of anilines is 1. The molecule has 136 valence electrons. The van der Waals surface area contributed by atoms with Gasteiger partial charge in [0.25, 0.3) is 5.56 Å². The van der Waals surface area contributed by atoms with E-state index in [2.05, 4.69) is 15.1 Å². The van der Waals surface area contributed by atoms with Gasteiger partial charge in [-0.25, -0.2) is 4.68 Å². The number of hydrogen-bond acceptors (Lipinski definition) is 8. The highest BCUT2D eigenvalue weighted by Crippen LogP contribution is 2.33. The summed E-state index contributed by atoms with van der Waals surface area (Å²) in [5.74, 6) is -0.116. The molecule has 1 fully saturated rings. The third-order valence-corrected chi connectivity index (χ3v) is 4.39. The van der Waals surface area contributed by atoms with E-state index in [0.29, 0.717) is 11.3 Å². The van der Waals surface area contributed by atoms with Gasteiger partial charge >= 0.3 is 0 Å². The molecule has 0 spiro atoms. The van der Waals surface area contributed by atoms with Crippen LogP contribution in [-0.4, -0.2) is 60.0 Å². The summed E-state index contributed by atoms with van der Waals surface area (Å²) in [7, 11) is 0. The van der Waals surface area contributed by atoms with Crippen LogP contribution in [0.25, 0.3) is 22.3 Å².